The molecule has 21 unspecified atom stereocenters. The topological polar surface area (TPSA) is 150 Å². The van der Waals surface area contributed by atoms with Crippen molar-refractivity contribution in [3.05, 3.63) is 7.43 Å². The molecule has 7 radical (unpaired) electrons. The van der Waals surface area contributed by atoms with Gasteiger partial charge in [0.15, 0.2) is 0 Å². The number of nitrogens with one attached hydrogen (secondary N) is 1. The van der Waals surface area contributed by atoms with E-state index in [2.05, 4.69) is 118 Å². The molecule has 18 nitrogen and oxygen atoms in total. The standard InChI is InChI=1S/C13H29B2N2O4P3.2C12H27B2N2O4P3.3CH4.CH3.3W.Y/c1-16-4-10(20-12(6-16)14-22)9-19-24(3)17-5-11(8-18-2)21-13(7-17)15-23;1-15-3-10(20-11(5-15)13-21)8-18-23(2)16-4-9(7-17)19-12(6-16)14-22;1-17-7-10-5-16(6-12(14-22)20-10)23(2)18-8-9-3-15-4-11(13-21)19-9;;;;;;;;/h10-13H,4-9,22-23H2,1-3H3;9-12,17H,3-8,21-22H2,1-2H3;9-12,15H,3-8,21-22H2,1-2H3;3*1H4;1H3;;;;/q;;;;;;-1;;;;. The second-order valence-electron chi connectivity index (χ2n) is 19.0. The van der Waals surface area contributed by atoms with Gasteiger partial charge in [-0.3, -0.25) is 0 Å². The van der Waals surface area contributed by atoms with Gasteiger partial charge in [-0.1, -0.05) is 22.3 Å². The summed E-state index contributed by atoms with van der Waals surface area (Å²) in [4.78, 5) is 4.60. The number of rotatable bonds is 23. The number of ether oxygens (including phenoxy) is 8. The molecule has 6 saturated heterocycles. The number of hydrogen-bond donors (Lipinski definition) is 2. The summed E-state index contributed by atoms with van der Waals surface area (Å²) in [5.41, 5.74) is 0. The Labute approximate surface area is 550 Å². The third-order valence-corrected chi connectivity index (χ3v) is 32.0. The monoisotopic (exact) mass is 1850 g/mol. The Morgan fingerprint density at radius 1 is 0.462 bits per heavy atom. The van der Waals surface area contributed by atoms with E-state index in [1.165, 1.54) is 56.4 Å². The largest absolute Gasteiger partial charge is 0.358 e. The molecule has 6 heterocycles. The summed E-state index contributed by atoms with van der Waals surface area (Å²) in [5, 5.41) is 8.03. The zero-order valence-electron chi connectivity index (χ0n) is 45.4. The summed E-state index contributed by atoms with van der Waals surface area (Å²) in [6, 6.07) is 0.698. The van der Waals surface area contributed by atoms with Gasteiger partial charge >= 0.3 is 494 Å². The van der Waals surface area contributed by atoms with E-state index >= 15 is 0 Å². The Morgan fingerprint density at radius 3 is 1.06 bits per heavy atom. The van der Waals surface area contributed by atoms with Gasteiger partial charge in [-0.15, -0.1) is 0 Å². The Bertz CT molecular complexity index is 1730. The van der Waals surface area contributed by atoms with Crippen LogP contribution in [-0.2, 0) is 141 Å². The van der Waals surface area contributed by atoms with Gasteiger partial charge in [0.25, 0.3) is 0 Å². The summed E-state index contributed by atoms with van der Waals surface area (Å²) < 4.78 is 73.2. The van der Waals surface area contributed by atoms with Gasteiger partial charge in [0.2, 0.25) is 0 Å². The van der Waals surface area contributed by atoms with Crippen molar-refractivity contribution >= 4 is 113 Å². The minimum Gasteiger partial charge on any atom is -0.358 e. The molecule has 0 spiro atoms. The van der Waals surface area contributed by atoms with Crippen molar-refractivity contribution in [2.45, 2.75) is 94.9 Å². The summed E-state index contributed by atoms with van der Waals surface area (Å²) in [6.07, 6.45) is 0.379. The Balaban J connectivity index is 0. The van der Waals surface area contributed by atoms with Crippen LogP contribution in [0, 0.1) is 7.43 Å². The van der Waals surface area contributed by atoms with Gasteiger partial charge in [0.1, 0.15) is 0 Å². The van der Waals surface area contributed by atoms with Crippen LogP contribution >= 0.6 is 70.5 Å². The summed E-state index contributed by atoms with van der Waals surface area (Å²) >= 11 is 4.45. The Morgan fingerprint density at radius 2 is 0.744 bits per heavy atom. The third-order valence-electron chi connectivity index (χ3n) is 12.6. The molecule has 21 atom stereocenters. The molecule has 6 fully saturated rings. The average molecular weight is 1850 g/mol. The average Bonchev–Trinajstić information content (AvgIpc) is 3.39. The maximum atomic E-state index is 9.48. The van der Waals surface area contributed by atoms with E-state index in [9.17, 15) is 5.11 Å². The van der Waals surface area contributed by atoms with Crippen molar-refractivity contribution in [1.29, 1.82) is 0 Å². The smallest absolute Gasteiger partial charge is 0 e. The fourth-order valence-electron chi connectivity index (χ4n) is 8.79. The molecule has 449 valence electrons. The molecular weight excluding hydrogens is 1750 g/mol. The van der Waals surface area contributed by atoms with Crippen LogP contribution < -0.4 is 5.32 Å². The molecule has 0 bridgehead atoms. The van der Waals surface area contributed by atoms with Crippen molar-refractivity contribution < 1.29 is 146 Å². The van der Waals surface area contributed by atoms with Gasteiger partial charge in [0.05, 0.1) is 0 Å². The summed E-state index contributed by atoms with van der Waals surface area (Å²) in [7, 11) is 23.6. The van der Waals surface area contributed by atoms with E-state index in [1.807, 2.05) is 42.0 Å². The van der Waals surface area contributed by atoms with E-state index in [4.69, 9.17) is 51.5 Å². The van der Waals surface area contributed by atoms with Crippen molar-refractivity contribution in [3.63, 3.8) is 0 Å². The molecule has 2 N–H and O–H groups in total. The van der Waals surface area contributed by atoms with E-state index in [0.717, 1.165) is 78.5 Å². The molecule has 37 heteroatoms. The van der Waals surface area contributed by atoms with Crippen LogP contribution in [0.2, 0.25) is 0 Å². The van der Waals surface area contributed by atoms with Gasteiger partial charge in [-0.25, -0.2) is 0 Å². The predicted octanol–water partition coefficient (Wildman–Crippen LogP) is 2.14. The molecular formula is C41H98B6N6O12P9W3Y-. The molecule has 6 aliphatic heterocycles. The fraction of sp³-hybridized carbons (Fsp3) is 0.976. The molecule has 0 aromatic carbocycles. The number of aliphatic hydroxyl groups excluding tert-OH is 1. The summed E-state index contributed by atoms with van der Waals surface area (Å²) in [5.74, 6) is 0. The van der Waals surface area contributed by atoms with Gasteiger partial charge in [0, 0.05) is 32.7 Å². The van der Waals surface area contributed by atoms with E-state index < -0.39 is 15.8 Å². The Hall–Kier alpha value is 6.71. The van der Waals surface area contributed by atoms with Crippen molar-refractivity contribution in [1.82, 2.24) is 29.1 Å². The fourth-order valence-corrected chi connectivity index (χ4v) is 21.0. The van der Waals surface area contributed by atoms with Gasteiger partial charge in [-0.2, -0.15) is 0 Å². The number of hydrogen-bond acceptors (Lipinski definition) is 18. The van der Waals surface area contributed by atoms with E-state index in [-0.39, 0.29) is 142 Å². The first-order valence-electron chi connectivity index (χ1n) is 24.6. The van der Waals surface area contributed by atoms with Gasteiger partial charge in [-0.05, 0) is 0 Å². The van der Waals surface area contributed by atoms with Crippen molar-refractivity contribution in [2.75, 3.05) is 166 Å². The zero-order valence-corrected chi connectivity index (χ0v) is 66.7. The second-order valence-corrected chi connectivity index (χ2v) is 50.5. The molecule has 0 saturated carbocycles. The molecule has 78 heavy (non-hydrogen) atoms. The van der Waals surface area contributed by atoms with E-state index in [1.54, 1.807) is 14.2 Å². The first-order valence-corrected chi connectivity index (χ1v) is 46.4. The minimum atomic E-state index is -1.65. The molecule has 0 aromatic heterocycles. The van der Waals surface area contributed by atoms with Crippen LogP contribution in [0.5, 0.6) is 0 Å². The normalized spacial score (nSPS) is 32.5. The predicted molar refractivity (Wildman–Crippen MR) is 341 cm³/mol. The molecule has 0 aromatic rings. The zero-order chi connectivity index (χ0) is 53.8. The van der Waals surface area contributed by atoms with Crippen LogP contribution in [0.25, 0.3) is 0 Å². The molecule has 6 aliphatic rings. The van der Waals surface area contributed by atoms with Gasteiger partial charge < -0.3 is 7.43 Å². The van der Waals surface area contributed by atoms with Crippen molar-refractivity contribution in [3.8, 4) is 0 Å². The molecule has 6 rings (SSSR count). The number of likely N-dealkylation sites (N-methyl/N-ethyl adjacent to an activating group) is 2. The van der Waals surface area contributed by atoms with Crippen LogP contribution in [0.4, 0.5) is 0 Å². The third kappa shape index (κ3) is 31.4. The maximum Gasteiger partial charge on any atom is 0 e. The van der Waals surface area contributed by atoms with Crippen LogP contribution in [0.15, 0.2) is 0 Å². The van der Waals surface area contributed by atoms with E-state index in [0.29, 0.717) is 33.0 Å². The number of morpholine rings is 6. The summed E-state index contributed by atoms with van der Waals surface area (Å²) in [6.45, 7) is 32.5. The minimum absolute atomic E-state index is 0. The number of nitrogens with zero attached hydrogens (tertiary/aromatic N) is 5. The SMILES string of the molecule is C.C.C.CN1CC([B]P)OC(CO[P](C)(=[W])N2CC([B]P)OC(CO)C2)C1.COCC1CN([P](C)(=[W])OCC2CN(C)CC([B]P)O2)CC([B]P)O1.COCC1CN([P](C)(=[W])OCC2CNCC([B]P)O2)CC([B]P)O1.[CH3-].[Y]. The Kier molecular flexibility index (Phi) is 51.0. The van der Waals surface area contributed by atoms with Crippen LogP contribution in [-0.4, -0.2) is 310 Å². The maximum absolute atomic E-state index is 9.48. The molecule has 0 amide bonds. The first kappa shape index (κ1) is 86.8. The molecule has 0 aliphatic carbocycles. The quantitative estimate of drug-likeness (QED) is 0.0874. The van der Waals surface area contributed by atoms with Crippen LogP contribution in [0.3, 0.4) is 0 Å². The number of aliphatic hydroxyl groups is 1. The van der Waals surface area contributed by atoms with Crippen LogP contribution in [0.1, 0.15) is 22.3 Å². The van der Waals surface area contributed by atoms with Crippen molar-refractivity contribution in [2.24, 2.45) is 0 Å². The first-order chi connectivity index (χ1) is 34.7. The number of methoxy groups -OCH3 is 2. The second kappa shape index (κ2) is 45.9.